The monoisotopic (exact) mass is 738 g/mol. The molecule has 4 heteroatoms. The van der Waals surface area contributed by atoms with E-state index in [4.69, 9.17) is 9.97 Å². The third kappa shape index (κ3) is 5.02. The normalized spacial score (nSPS) is 11.8. The van der Waals surface area contributed by atoms with Crippen LogP contribution in [0.1, 0.15) is 0 Å². The van der Waals surface area contributed by atoms with E-state index in [-0.39, 0.29) is 0 Å². The van der Waals surface area contributed by atoms with Gasteiger partial charge in [-0.05, 0) is 77.2 Å². The molecule has 0 saturated carbocycles. The molecule has 0 atom stereocenters. The number of para-hydroxylation sites is 3. The summed E-state index contributed by atoms with van der Waals surface area (Å²) in [5.74, 6) is 0.703. The number of benzene rings is 9. The van der Waals surface area contributed by atoms with Gasteiger partial charge >= 0.3 is 0 Å². The molecule has 0 aliphatic heterocycles. The topological polar surface area (TPSA) is 35.6 Å². The van der Waals surface area contributed by atoms with Gasteiger partial charge in [-0.25, -0.2) is 9.97 Å². The highest BCUT2D eigenvalue weighted by atomic mass is 15.0. The van der Waals surface area contributed by atoms with E-state index in [0.29, 0.717) is 5.82 Å². The second kappa shape index (κ2) is 12.9. The lowest BCUT2D eigenvalue weighted by Gasteiger charge is -2.13. The molecule has 0 radical (unpaired) electrons. The molecule has 0 aliphatic carbocycles. The van der Waals surface area contributed by atoms with Crippen LogP contribution >= 0.6 is 0 Å². The number of hydrogen-bond donors (Lipinski definition) is 0. The van der Waals surface area contributed by atoms with E-state index in [1.54, 1.807) is 0 Å². The highest BCUT2D eigenvalue weighted by Gasteiger charge is 2.18. The van der Waals surface area contributed by atoms with Gasteiger partial charge in [0, 0.05) is 54.8 Å². The zero-order valence-corrected chi connectivity index (χ0v) is 31.4. The van der Waals surface area contributed by atoms with Crippen molar-refractivity contribution < 1.29 is 0 Å². The van der Waals surface area contributed by atoms with Crippen LogP contribution in [0.25, 0.3) is 110 Å². The number of nitrogens with zero attached hydrogens (tertiary/aromatic N) is 4. The standard InChI is InChI=1S/C54H34N4/c1-3-15-36(16-4-1)52-46-30-26-35-14-7-8-21-42(35)53(46)56-54(55-52)39-17-13-20-41(32-39)58-48-24-11-9-22-43(48)45-29-27-38(34-51(45)58)37-28-31-50-47(33-37)44-23-10-12-25-49(44)57(50)40-18-5-2-6-19-40/h1-34H. The number of fused-ring (bicyclic) bond motifs is 9. The first-order valence-electron chi connectivity index (χ1n) is 19.7. The predicted octanol–water partition coefficient (Wildman–Crippen LogP) is 14.0. The average molecular weight is 739 g/mol. The summed E-state index contributed by atoms with van der Waals surface area (Å²) in [6, 6.07) is 73.8. The SMILES string of the molecule is c1ccc(-c2nc(-c3cccc(-n4c5ccccc5c5ccc(-c6ccc7c(c6)c6ccccc6n7-c6ccccc6)cc54)c3)nc3c2ccc2ccccc23)cc1. The molecule has 0 fully saturated rings. The maximum atomic E-state index is 5.31. The minimum Gasteiger partial charge on any atom is -0.309 e. The molecule has 12 rings (SSSR count). The minimum absolute atomic E-state index is 0.703. The molecule has 12 aromatic rings. The first kappa shape index (κ1) is 32.4. The molecule has 58 heavy (non-hydrogen) atoms. The zero-order chi connectivity index (χ0) is 38.2. The first-order valence-corrected chi connectivity index (χ1v) is 19.7. The summed E-state index contributed by atoms with van der Waals surface area (Å²) < 4.78 is 4.76. The Morgan fingerprint density at radius 1 is 0.293 bits per heavy atom. The molecule has 0 aliphatic rings. The van der Waals surface area contributed by atoms with Crippen molar-refractivity contribution in [2.45, 2.75) is 0 Å². The van der Waals surface area contributed by atoms with Gasteiger partial charge in [0.2, 0.25) is 0 Å². The van der Waals surface area contributed by atoms with Crippen molar-refractivity contribution in [2.24, 2.45) is 0 Å². The third-order valence-corrected chi connectivity index (χ3v) is 11.7. The van der Waals surface area contributed by atoms with E-state index in [9.17, 15) is 0 Å². The summed E-state index contributed by atoms with van der Waals surface area (Å²) in [7, 11) is 0. The summed E-state index contributed by atoms with van der Waals surface area (Å²) in [6.07, 6.45) is 0. The first-order chi connectivity index (χ1) is 28.8. The Bertz CT molecular complexity index is 3560. The molecule has 0 spiro atoms. The fourth-order valence-corrected chi connectivity index (χ4v) is 9.03. The molecule has 0 bridgehead atoms. The Morgan fingerprint density at radius 2 is 0.862 bits per heavy atom. The molecule has 0 N–H and O–H groups in total. The van der Waals surface area contributed by atoms with Crippen LogP contribution in [0.15, 0.2) is 206 Å². The lowest BCUT2D eigenvalue weighted by atomic mass is 10.0. The summed E-state index contributed by atoms with van der Waals surface area (Å²) in [6.45, 7) is 0. The Labute approximate surface area is 334 Å². The van der Waals surface area contributed by atoms with Gasteiger partial charge in [0.25, 0.3) is 0 Å². The van der Waals surface area contributed by atoms with E-state index in [0.717, 1.165) is 60.9 Å². The molecule has 0 unspecified atom stereocenters. The van der Waals surface area contributed by atoms with Gasteiger partial charge in [0.05, 0.1) is 33.3 Å². The maximum Gasteiger partial charge on any atom is 0.160 e. The molecular weight excluding hydrogens is 705 g/mol. The number of aromatic nitrogens is 4. The number of hydrogen-bond acceptors (Lipinski definition) is 2. The van der Waals surface area contributed by atoms with Crippen LogP contribution in [0.3, 0.4) is 0 Å². The number of rotatable bonds is 5. The van der Waals surface area contributed by atoms with Crippen molar-refractivity contribution in [1.29, 1.82) is 0 Å². The van der Waals surface area contributed by atoms with Crippen molar-refractivity contribution in [3.8, 4) is 45.1 Å². The van der Waals surface area contributed by atoms with E-state index >= 15 is 0 Å². The van der Waals surface area contributed by atoms with Gasteiger partial charge in [0.1, 0.15) is 0 Å². The summed E-state index contributed by atoms with van der Waals surface area (Å²) in [5.41, 5.74) is 13.2. The summed E-state index contributed by atoms with van der Waals surface area (Å²) in [4.78, 5) is 10.6. The third-order valence-electron chi connectivity index (χ3n) is 11.7. The predicted molar refractivity (Wildman–Crippen MR) is 242 cm³/mol. The largest absolute Gasteiger partial charge is 0.309 e. The van der Waals surface area contributed by atoms with Gasteiger partial charge in [-0.3, -0.25) is 0 Å². The lowest BCUT2D eigenvalue weighted by molar-refractivity contribution is 1.17. The van der Waals surface area contributed by atoms with Crippen LogP contribution in [-0.4, -0.2) is 19.1 Å². The van der Waals surface area contributed by atoms with Gasteiger partial charge in [-0.15, -0.1) is 0 Å². The minimum atomic E-state index is 0.703. The second-order valence-electron chi connectivity index (χ2n) is 15.0. The summed E-state index contributed by atoms with van der Waals surface area (Å²) in [5, 5.41) is 8.24. The maximum absolute atomic E-state index is 5.31. The van der Waals surface area contributed by atoms with E-state index in [1.807, 2.05) is 6.07 Å². The Balaban J connectivity index is 1.04. The van der Waals surface area contributed by atoms with Crippen LogP contribution in [0.5, 0.6) is 0 Å². The molecule has 0 saturated heterocycles. The second-order valence-corrected chi connectivity index (χ2v) is 15.0. The van der Waals surface area contributed by atoms with Crippen LogP contribution in [-0.2, 0) is 0 Å². The molecule has 9 aromatic carbocycles. The van der Waals surface area contributed by atoms with Crippen LogP contribution < -0.4 is 0 Å². The average Bonchev–Trinajstić information content (AvgIpc) is 3.81. The van der Waals surface area contributed by atoms with Crippen LogP contribution in [0.2, 0.25) is 0 Å². The van der Waals surface area contributed by atoms with E-state index in [1.165, 1.54) is 43.7 Å². The molecule has 3 aromatic heterocycles. The van der Waals surface area contributed by atoms with Gasteiger partial charge in [0.15, 0.2) is 5.82 Å². The lowest BCUT2D eigenvalue weighted by Crippen LogP contribution is -1.98. The van der Waals surface area contributed by atoms with Crippen molar-refractivity contribution in [1.82, 2.24) is 19.1 Å². The quantitative estimate of drug-likeness (QED) is 0.165. The zero-order valence-electron chi connectivity index (χ0n) is 31.4. The highest BCUT2D eigenvalue weighted by molar-refractivity contribution is 6.13. The molecule has 0 amide bonds. The van der Waals surface area contributed by atoms with Gasteiger partial charge in [-0.2, -0.15) is 0 Å². The Kier molecular flexibility index (Phi) is 7.20. The van der Waals surface area contributed by atoms with Crippen molar-refractivity contribution in [2.75, 3.05) is 0 Å². The van der Waals surface area contributed by atoms with Crippen molar-refractivity contribution in [3.05, 3.63) is 206 Å². The Hall–Kier alpha value is -7.82. The van der Waals surface area contributed by atoms with Crippen LogP contribution in [0, 0.1) is 0 Å². The Morgan fingerprint density at radius 3 is 1.67 bits per heavy atom. The van der Waals surface area contributed by atoms with E-state index < -0.39 is 0 Å². The van der Waals surface area contributed by atoms with Gasteiger partial charge < -0.3 is 9.13 Å². The van der Waals surface area contributed by atoms with Crippen LogP contribution in [0.4, 0.5) is 0 Å². The summed E-state index contributed by atoms with van der Waals surface area (Å²) >= 11 is 0. The molecule has 3 heterocycles. The molecular formula is C54H34N4. The van der Waals surface area contributed by atoms with Crippen molar-refractivity contribution in [3.63, 3.8) is 0 Å². The van der Waals surface area contributed by atoms with Crippen molar-refractivity contribution >= 4 is 65.3 Å². The highest BCUT2D eigenvalue weighted by Crippen LogP contribution is 2.39. The van der Waals surface area contributed by atoms with E-state index in [2.05, 4.69) is 209 Å². The molecule has 4 nitrogen and oxygen atoms in total. The smallest absolute Gasteiger partial charge is 0.160 e. The fourth-order valence-electron chi connectivity index (χ4n) is 9.03. The van der Waals surface area contributed by atoms with Gasteiger partial charge in [-0.1, -0.05) is 146 Å². The fraction of sp³-hybridized carbons (Fsp3) is 0. The molecule has 270 valence electrons.